The first-order chi connectivity index (χ1) is 15.0. The van der Waals surface area contributed by atoms with Crippen LogP contribution in [-0.4, -0.2) is 42.5 Å². The summed E-state index contributed by atoms with van der Waals surface area (Å²) < 4.78 is 66.6. The Labute approximate surface area is 200 Å². The van der Waals surface area contributed by atoms with Crippen LogP contribution in [0, 0.1) is 0 Å². The number of nitrogens with zero attached hydrogens (tertiary/aromatic N) is 1. The zero-order valence-electron chi connectivity index (χ0n) is 17.3. The number of nitrogens with one attached hydrogen (secondary N) is 1. The van der Waals surface area contributed by atoms with E-state index in [9.17, 15) is 35.8 Å². The van der Waals surface area contributed by atoms with Crippen molar-refractivity contribution in [2.45, 2.75) is 9.79 Å². The first-order valence-electron chi connectivity index (χ1n) is 8.87. The van der Waals surface area contributed by atoms with Crippen molar-refractivity contribution in [3.8, 4) is 5.75 Å². The van der Waals surface area contributed by atoms with E-state index >= 15 is 0 Å². The number of hydrogen-bond acceptors (Lipinski definition) is 8. The first-order valence-corrected chi connectivity index (χ1v) is 11.8. The minimum Gasteiger partial charge on any atom is -0.505 e. The van der Waals surface area contributed by atoms with Crippen molar-refractivity contribution in [1.82, 2.24) is 0 Å². The Morgan fingerprint density at radius 2 is 1.55 bits per heavy atom. The Morgan fingerprint density at radius 1 is 0.879 bits per heavy atom. The van der Waals surface area contributed by atoms with Gasteiger partial charge in [-0.3, -0.25) is 19.3 Å². The molecule has 1 aliphatic carbocycles. The number of rotatable bonds is 4. The molecule has 33 heavy (non-hydrogen) atoms. The third-order valence-corrected chi connectivity index (χ3v) is 6.56. The van der Waals surface area contributed by atoms with Crippen LogP contribution in [0.5, 0.6) is 5.75 Å². The SMILES string of the molecule is O=C1C=Cc2ccccc2/C1=N\Nc1cc(S(=O)(=O)O)c2cccc(S(=O)(=O)O)c2c1O.[Cr].[H+]. The zero-order chi connectivity index (χ0) is 23.3. The number of allylic oxidation sites excluding steroid dienone is 1. The minimum atomic E-state index is -4.89. The maximum Gasteiger partial charge on any atom is 1.00 e. The van der Waals surface area contributed by atoms with Crippen LogP contribution in [0.2, 0.25) is 0 Å². The molecule has 0 saturated carbocycles. The molecule has 0 unspecified atom stereocenters. The van der Waals surface area contributed by atoms with Gasteiger partial charge in [0, 0.05) is 33.7 Å². The Morgan fingerprint density at radius 3 is 2.21 bits per heavy atom. The van der Waals surface area contributed by atoms with E-state index in [1.54, 1.807) is 30.3 Å². The molecule has 10 nitrogen and oxygen atoms in total. The molecule has 0 bridgehead atoms. The van der Waals surface area contributed by atoms with Gasteiger partial charge in [-0.05, 0) is 23.8 Å². The quantitative estimate of drug-likeness (QED) is 0.226. The molecular formula is C20H15CrN2O8S2+. The Kier molecular flexibility index (Phi) is 6.49. The van der Waals surface area contributed by atoms with E-state index in [1.807, 2.05) is 0 Å². The molecule has 0 radical (unpaired) electrons. The molecule has 0 aliphatic heterocycles. The molecule has 0 aromatic heterocycles. The monoisotopic (exact) mass is 527 g/mol. The number of phenols is 1. The summed E-state index contributed by atoms with van der Waals surface area (Å²) in [6.07, 6.45) is 2.88. The number of benzene rings is 3. The van der Waals surface area contributed by atoms with Crippen molar-refractivity contribution < 1.29 is 54.6 Å². The molecule has 0 amide bonds. The number of aromatic hydroxyl groups is 1. The van der Waals surface area contributed by atoms with Gasteiger partial charge in [-0.2, -0.15) is 21.9 Å². The van der Waals surface area contributed by atoms with Crippen molar-refractivity contribution in [2.75, 3.05) is 5.43 Å². The van der Waals surface area contributed by atoms with Gasteiger partial charge in [-0.15, -0.1) is 0 Å². The van der Waals surface area contributed by atoms with Crippen LogP contribution in [0.4, 0.5) is 5.69 Å². The zero-order valence-corrected chi connectivity index (χ0v) is 19.2. The third kappa shape index (κ3) is 4.55. The summed E-state index contributed by atoms with van der Waals surface area (Å²) in [7, 11) is -9.77. The van der Waals surface area contributed by atoms with Crippen molar-refractivity contribution in [1.29, 1.82) is 0 Å². The standard InChI is InChI=1S/C20H14N2O8S2.Cr/c23-15-9-8-11-4-1-2-5-12(11)19(15)22-21-14-10-17(32(28,29)30)13-6-3-7-16(31(25,26)27)18(13)20(14)24;/h1-10,21,24H,(H,25,26,27)(H,28,29,30);/p+1/b22-19+;. The molecule has 0 spiro atoms. The van der Waals surface area contributed by atoms with E-state index in [1.165, 1.54) is 6.08 Å². The molecule has 4 N–H and O–H groups in total. The summed E-state index contributed by atoms with van der Waals surface area (Å²) in [6.45, 7) is 0. The van der Waals surface area contributed by atoms with Gasteiger partial charge < -0.3 is 5.11 Å². The normalized spacial score (nSPS) is 14.7. The topological polar surface area (TPSA) is 170 Å². The third-order valence-electron chi connectivity index (χ3n) is 4.77. The van der Waals surface area contributed by atoms with Gasteiger partial charge >= 0.3 is 1.43 Å². The smallest absolute Gasteiger partial charge is 0.505 e. The maximum absolute atomic E-state index is 12.3. The molecule has 0 saturated heterocycles. The van der Waals surface area contributed by atoms with Gasteiger partial charge in [-0.25, -0.2) is 0 Å². The molecule has 0 atom stereocenters. The molecule has 170 valence electrons. The fourth-order valence-electron chi connectivity index (χ4n) is 3.37. The van der Waals surface area contributed by atoms with E-state index in [0.717, 1.165) is 24.3 Å². The summed E-state index contributed by atoms with van der Waals surface area (Å²) in [5, 5.41) is 13.8. The summed E-state index contributed by atoms with van der Waals surface area (Å²) in [6, 6.07) is 10.9. The first kappa shape index (κ1) is 24.6. The molecule has 3 aromatic rings. The van der Waals surface area contributed by atoms with Crippen LogP contribution < -0.4 is 5.43 Å². The largest absolute Gasteiger partial charge is 1.00 e. The number of ketones is 1. The fourth-order valence-corrected chi connectivity index (χ4v) is 4.80. The summed E-state index contributed by atoms with van der Waals surface area (Å²) in [5.74, 6) is -1.23. The predicted octanol–water partition coefficient (Wildman–Crippen LogP) is 2.56. The molecule has 4 rings (SSSR count). The van der Waals surface area contributed by atoms with E-state index in [2.05, 4.69) is 10.5 Å². The summed E-state index contributed by atoms with van der Waals surface area (Å²) >= 11 is 0. The Bertz CT molecular complexity index is 1590. The molecular weight excluding hydrogens is 512 g/mol. The van der Waals surface area contributed by atoms with E-state index in [-0.39, 0.29) is 29.9 Å². The van der Waals surface area contributed by atoms with Gasteiger partial charge in [0.25, 0.3) is 20.2 Å². The average Bonchev–Trinajstić information content (AvgIpc) is 2.72. The second-order valence-electron chi connectivity index (χ2n) is 6.76. The summed E-state index contributed by atoms with van der Waals surface area (Å²) in [4.78, 5) is 10.8. The number of phenolic OH excluding ortho intramolecular Hbond substituents is 1. The number of hydrazone groups is 1. The molecule has 13 heteroatoms. The molecule has 0 fully saturated rings. The average molecular weight is 527 g/mol. The number of fused-ring (bicyclic) bond motifs is 2. The Balaban J connectivity index is 0.00000204. The maximum atomic E-state index is 12.3. The van der Waals surface area contributed by atoms with Crippen LogP contribution in [0.1, 0.15) is 12.6 Å². The van der Waals surface area contributed by atoms with Crippen molar-refractivity contribution >= 4 is 54.3 Å². The van der Waals surface area contributed by atoms with Gasteiger partial charge in [-0.1, -0.05) is 42.5 Å². The van der Waals surface area contributed by atoms with E-state index in [0.29, 0.717) is 11.1 Å². The van der Waals surface area contributed by atoms with Crippen LogP contribution in [0.15, 0.2) is 69.5 Å². The van der Waals surface area contributed by atoms with Gasteiger partial charge in [0.15, 0.2) is 0 Å². The summed E-state index contributed by atoms with van der Waals surface area (Å²) in [5.41, 5.74) is 3.07. The van der Waals surface area contributed by atoms with Crippen LogP contribution in [0.25, 0.3) is 16.8 Å². The van der Waals surface area contributed by atoms with Crippen molar-refractivity contribution in [3.63, 3.8) is 0 Å². The number of anilines is 1. The second kappa shape index (κ2) is 8.71. The molecule has 3 aromatic carbocycles. The van der Waals surface area contributed by atoms with Gasteiger partial charge in [0.2, 0.25) is 5.78 Å². The van der Waals surface area contributed by atoms with Crippen molar-refractivity contribution in [2.24, 2.45) is 5.10 Å². The second-order valence-corrected chi connectivity index (χ2v) is 9.54. The Hall–Kier alpha value is -3.05. The van der Waals surface area contributed by atoms with E-state index < -0.39 is 52.6 Å². The van der Waals surface area contributed by atoms with Gasteiger partial charge in [0.1, 0.15) is 21.3 Å². The van der Waals surface area contributed by atoms with Crippen LogP contribution >= 0.6 is 0 Å². The van der Waals surface area contributed by atoms with Crippen molar-refractivity contribution in [3.05, 3.63) is 65.7 Å². The van der Waals surface area contributed by atoms with Crippen LogP contribution in [-0.2, 0) is 42.4 Å². The van der Waals surface area contributed by atoms with Crippen LogP contribution in [0.3, 0.4) is 0 Å². The number of carbonyl (C=O) groups is 1. The molecule has 0 heterocycles. The van der Waals surface area contributed by atoms with E-state index in [4.69, 9.17) is 0 Å². The number of hydrogen-bond donors (Lipinski definition) is 4. The molecule has 1 aliphatic rings. The fraction of sp³-hybridized carbons (Fsp3) is 0. The minimum absolute atomic E-state index is 0. The number of carbonyl (C=O) groups excluding carboxylic acids is 1. The predicted molar refractivity (Wildman–Crippen MR) is 117 cm³/mol. The van der Waals surface area contributed by atoms with Gasteiger partial charge in [0.05, 0.1) is 5.69 Å².